The molecule has 7 heteroatoms. The Morgan fingerprint density at radius 2 is 2.27 bits per heavy atom. The highest BCUT2D eigenvalue weighted by Crippen LogP contribution is 2.32. The Bertz CT molecular complexity index is 268. The fourth-order valence-corrected chi connectivity index (χ4v) is 1.37. The SMILES string of the molecule is CC1(C)OCC([C@H](O)[C@@](F)(Cl)C(=O)O)O1. The molecule has 1 fully saturated rings. The van der Waals surface area contributed by atoms with Crippen LogP contribution in [0.2, 0.25) is 0 Å². The molecule has 1 aliphatic heterocycles. The number of ether oxygens (including phenoxy) is 2. The predicted molar refractivity (Wildman–Crippen MR) is 48.2 cm³/mol. The van der Waals surface area contributed by atoms with E-state index in [1.54, 1.807) is 13.8 Å². The summed E-state index contributed by atoms with van der Waals surface area (Å²) in [5.74, 6) is -2.93. The van der Waals surface area contributed by atoms with Crippen LogP contribution in [0.3, 0.4) is 0 Å². The highest BCUT2D eigenvalue weighted by molar-refractivity contribution is 6.32. The summed E-state index contributed by atoms with van der Waals surface area (Å²) in [6.45, 7) is 3.02. The molecule has 15 heavy (non-hydrogen) atoms. The molecule has 5 nitrogen and oxygen atoms in total. The number of carboxylic acids is 1. The number of aliphatic hydroxyl groups excluding tert-OH is 1. The van der Waals surface area contributed by atoms with E-state index in [1.807, 2.05) is 0 Å². The molecule has 0 aliphatic carbocycles. The van der Waals surface area contributed by atoms with Crippen molar-refractivity contribution in [3.05, 3.63) is 0 Å². The number of halogens is 2. The van der Waals surface area contributed by atoms with E-state index in [2.05, 4.69) is 0 Å². The first kappa shape index (κ1) is 12.6. The van der Waals surface area contributed by atoms with Crippen molar-refractivity contribution in [1.82, 2.24) is 0 Å². The first-order chi connectivity index (χ1) is 6.67. The zero-order chi connectivity index (χ0) is 11.9. The lowest BCUT2D eigenvalue weighted by Gasteiger charge is -2.25. The summed E-state index contributed by atoms with van der Waals surface area (Å²) in [5, 5.41) is 14.6. The highest BCUT2D eigenvalue weighted by Gasteiger charge is 2.52. The topological polar surface area (TPSA) is 76.0 Å². The fraction of sp³-hybridized carbons (Fsp3) is 0.875. The summed E-state index contributed by atoms with van der Waals surface area (Å²) in [6.07, 6.45) is -3.09. The molecule has 88 valence electrons. The van der Waals surface area contributed by atoms with Crippen molar-refractivity contribution in [3.63, 3.8) is 0 Å². The van der Waals surface area contributed by atoms with Crippen LogP contribution in [0.1, 0.15) is 13.8 Å². The number of hydrogen-bond donors (Lipinski definition) is 2. The van der Waals surface area contributed by atoms with E-state index < -0.39 is 29.1 Å². The smallest absolute Gasteiger partial charge is 0.360 e. The van der Waals surface area contributed by atoms with Crippen molar-refractivity contribution in [2.75, 3.05) is 6.61 Å². The molecule has 1 heterocycles. The van der Waals surface area contributed by atoms with Crippen LogP contribution in [0.4, 0.5) is 4.39 Å². The van der Waals surface area contributed by atoms with E-state index in [1.165, 1.54) is 0 Å². The van der Waals surface area contributed by atoms with Gasteiger partial charge in [0, 0.05) is 0 Å². The highest BCUT2D eigenvalue weighted by atomic mass is 35.5. The summed E-state index contributed by atoms with van der Waals surface area (Å²) in [4.78, 5) is 10.4. The second kappa shape index (κ2) is 3.86. The van der Waals surface area contributed by atoms with Gasteiger partial charge in [0.15, 0.2) is 5.79 Å². The van der Waals surface area contributed by atoms with Gasteiger partial charge < -0.3 is 19.7 Å². The minimum absolute atomic E-state index is 0.111. The van der Waals surface area contributed by atoms with Crippen LogP contribution in [0.15, 0.2) is 0 Å². The maximum Gasteiger partial charge on any atom is 0.360 e. The molecule has 0 saturated carbocycles. The molecular weight excluding hydrogens is 231 g/mol. The zero-order valence-electron chi connectivity index (χ0n) is 8.24. The van der Waals surface area contributed by atoms with Crippen LogP contribution in [-0.4, -0.2) is 45.9 Å². The van der Waals surface area contributed by atoms with Gasteiger partial charge in [-0.1, -0.05) is 11.6 Å². The number of carboxylic acid groups (broad SMARTS) is 1. The third-order valence-electron chi connectivity index (χ3n) is 2.04. The molecule has 1 aliphatic rings. The van der Waals surface area contributed by atoms with Gasteiger partial charge in [-0.25, -0.2) is 9.18 Å². The van der Waals surface area contributed by atoms with Gasteiger partial charge in [0.2, 0.25) is 0 Å². The Morgan fingerprint density at radius 1 is 1.73 bits per heavy atom. The van der Waals surface area contributed by atoms with Crippen LogP contribution >= 0.6 is 11.6 Å². The van der Waals surface area contributed by atoms with Gasteiger partial charge in [-0.15, -0.1) is 0 Å². The lowest BCUT2D eigenvalue weighted by molar-refractivity contribution is -0.171. The van der Waals surface area contributed by atoms with E-state index in [-0.39, 0.29) is 6.61 Å². The molecule has 0 amide bonds. The summed E-state index contributed by atoms with van der Waals surface area (Å²) >= 11 is 5.04. The van der Waals surface area contributed by atoms with E-state index >= 15 is 0 Å². The molecule has 0 radical (unpaired) electrons. The number of carbonyl (C=O) groups is 1. The van der Waals surface area contributed by atoms with Crippen molar-refractivity contribution < 1.29 is 28.9 Å². The van der Waals surface area contributed by atoms with Crippen LogP contribution in [0, 0.1) is 0 Å². The van der Waals surface area contributed by atoms with Gasteiger partial charge in [0.05, 0.1) is 6.61 Å². The molecule has 3 atom stereocenters. The minimum Gasteiger partial charge on any atom is -0.478 e. The molecule has 0 aromatic rings. The minimum atomic E-state index is -3.27. The maximum atomic E-state index is 13.3. The van der Waals surface area contributed by atoms with Gasteiger partial charge in [-0.3, -0.25) is 0 Å². The largest absolute Gasteiger partial charge is 0.478 e. The van der Waals surface area contributed by atoms with Gasteiger partial charge in [0.25, 0.3) is 0 Å². The molecule has 0 aromatic carbocycles. The van der Waals surface area contributed by atoms with Crippen molar-refractivity contribution in [2.24, 2.45) is 0 Å². The summed E-state index contributed by atoms with van der Waals surface area (Å²) in [7, 11) is 0. The molecule has 1 rings (SSSR count). The van der Waals surface area contributed by atoms with Crippen molar-refractivity contribution in [3.8, 4) is 0 Å². The van der Waals surface area contributed by atoms with Crippen molar-refractivity contribution in [2.45, 2.75) is 37.0 Å². The molecule has 0 bridgehead atoms. The van der Waals surface area contributed by atoms with Gasteiger partial charge in [0.1, 0.15) is 12.2 Å². The first-order valence-corrected chi connectivity index (χ1v) is 4.65. The molecule has 0 aromatic heterocycles. The predicted octanol–water partition coefficient (Wildman–Crippen LogP) is 0.488. The van der Waals surface area contributed by atoms with E-state index in [4.69, 9.17) is 26.2 Å². The third-order valence-corrected chi connectivity index (χ3v) is 2.42. The number of aliphatic hydroxyl groups is 1. The first-order valence-electron chi connectivity index (χ1n) is 4.28. The van der Waals surface area contributed by atoms with Gasteiger partial charge in [-0.2, -0.15) is 0 Å². The average molecular weight is 243 g/mol. The van der Waals surface area contributed by atoms with Gasteiger partial charge >= 0.3 is 11.1 Å². The Morgan fingerprint density at radius 3 is 2.60 bits per heavy atom. The second-order valence-electron chi connectivity index (χ2n) is 3.74. The molecule has 0 spiro atoms. The van der Waals surface area contributed by atoms with Crippen molar-refractivity contribution in [1.29, 1.82) is 0 Å². The van der Waals surface area contributed by atoms with E-state index in [9.17, 15) is 14.3 Å². The third kappa shape index (κ3) is 2.57. The van der Waals surface area contributed by atoms with E-state index in [0.717, 1.165) is 0 Å². The van der Waals surface area contributed by atoms with Crippen molar-refractivity contribution >= 4 is 17.6 Å². The number of aliphatic carboxylic acids is 1. The van der Waals surface area contributed by atoms with Crippen LogP contribution in [0.25, 0.3) is 0 Å². The fourth-order valence-electron chi connectivity index (χ4n) is 1.23. The normalized spacial score (nSPS) is 30.9. The number of alkyl halides is 2. The Kier molecular flexibility index (Phi) is 3.25. The summed E-state index contributed by atoms with van der Waals surface area (Å²) < 4.78 is 23.4. The molecule has 1 unspecified atom stereocenters. The number of hydrogen-bond acceptors (Lipinski definition) is 4. The molecular formula is C8H12ClFO5. The van der Waals surface area contributed by atoms with Gasteiger partial charge in [-0.05, 0) is 13.8 Å². The zero-order valence-corrected chi connectivity index (χ0v) is 8.99. The Hall–Kier alpha value is -0.430. The Balaban J connectivity index is 2.70. The summed E-state index contributed by atoms with van der Waals surface area (Å²) in [6, 6.07) is 0. The maximum absolute atomic E-state index is 13.3. The van der Waals surface area contributed by atoms with Crippen LogP contribution in [0.5, 0.6) is 0 Å². The monoisotopic (exact) mass is 242 g/mol. The van der Waals surface area contributed by atoms with Crippen LogP contribution in [-0.2, 0) is 14.3 Å². The van der Waals surface area contributed by atoms with E-state index in [0.29, 0.717) is 0 Å². The standard InChI is InChI=1S/C8H12ClFO5/c1-7(2)14-3-4(15-7)5(11)8(9,10)6(12)13/h4-5,11H,3H2,1-2H3,(H,12,13)/t4?,5-,8-/m0/s1. The average Bonchev–Trinajstić information content (AvgIpc) is 2.44. The number of rotatable bonds is 3. The Labute approximate surface area is 90.7 Å². The second-order valence-corrected chi connectivity index (χ2v) is 4.29. The molecule has 1 saturated heterocycles. The summed E-state index contributed by atoms with van der Waals surface area (Å²) in [5.41, 5.74) is 0. The van der Waals surface area contributed by atoms with Crippen LogP contribution < -0.4 is 0 Å². The lowest BCUT2D eigenvalue weighted by atomic mass is 10.1. The quantitative estimate of drug-likeness (QED) is 0.705. The molecule has 2 N–H and O–H groups in total. The lowest BCUT2D eigenvalue weighted by Crippen LogP contribution is -2.48.